The third kappa shape index (κ3) is 2.24. The average Bonchev–Trinajstić information content (AvgIpc) is 2.96. The van der Waals surface area contributed by atoms with Crippen molar-refractivity contribution in [2.45, 2.75) is 11.8 Å². The Bertz CT molecular complexity index is 1060. The predicted molar refractivity (Wildman–Crippen MR) is 90.5 cm³/mol. The minimum Gasteiger partial charge on any atom is -0.224 e. The number of hydrogen-bond donors (Lipinski definition) is 0. The molecule has 0 radical (unpaired) electrons. The molecule has 23 heavy (non-hydrogen) atoms. The molecule has 1 aromatic heterocycles. The van der Waals surface area contributed by atoms with Gasteiger partial charge in [0.1, 0.15) is 11.8 Å². The Morgan fingerprint density at radius 3 is 2.48 bits per heavy atom. The van der Waals surface area contributed by atoms with Gasteiger partial charge in [0.25, 0.3) is 10.0 Å². The zero-order valence-electron chi connectivity index (χ0n) is 12.5. The van der Waals surface area contributed by atoms with Crippen LogP contribution >= 0.6 is 0 Å². The van der Waals surface area contributed by atoms with Crippen molar-refractivity contribution in [2.75, 3.05) is 0 Å². The first-order valence-electron chi connectivity index (χ1n) is 6.99. The lowest BCUT2D eigenvalue weighted by Crippen LogP contribution is -2.14. The van der Waals surface area contributed by atoms with E-state index in [0.717, 1.165) is 20.5 Å². The third-order valence-electron chi connectivity index (χ3n) is 3.87. The molecule has 0 atom stereocenters. The van der Waals surface area contributed by atoms with Crippen molar-refractivity contribution < 1.29 is 8.42 Å². The molecule has 0 bridgehead atoms. The maximum absolute atomic E-state index is 12.9. The van der Waals surface area contributed by atoms with E-state index < -0.39 is 10.0 Å². The zero-order chi connectivity index (χ0) is 16.6. The van der Waals surface area contributed by atoms with Gasteiger partial charge in [0.15, 0.2) is 0 Å². The van der Waals surface area contributed by atoms with Crippen LogP contribution in [0.4, 0.5) is 0 Å². The molecule has 0 aliphatic rings. The van der Waals surface area contributed by atoms with Gasteiger partial charge in [-0.1, -0.05) is 36.9 Å². The van der Waals surface area contributed by atoms with Crippen molar-refractivity contribution in [3.8, 4) is 6.07 Å². The topological polar surface area (TPSA) is 62.9 Å². The highest BCUT2D eigenvalue weighted by atomic mass is 32.2. The van der Waals surface area contributed by atoms with E-state index in [0.29, 0.717) is 5.52 Å². The molecule has 114 valence electrons. The van der Waals surface area contributed by atoms with Gasteiger partial charge >= 0.3 is 0 Å². The van der Waals surface area contributed by atoms with Gasteiger partial charge in [-0.3, -0.25) is 0 Å². The van der Waals surface area contributed by atoms with Crippen LogP contribution in [0.5, 0.6) is 0 Å². The highest BCUT2D eigenvalue weighted by Gasteiger charge is 2.23. The number of fused-ring (bicyclic) bond motifs is 1. The minimum atomic E-state index is -3.83. The van der Waals surface area contributed by atoms with E-state index in [-0.39, 0.29) is 10.6 Å². The fraction of sp³-hybridized carbons (Fsp3) is 0.0556. The minimum absolute atomic E-state index is 0.0909. The molecule has 4 nitrogen and oxygen atoms in total. The van der Waals surface area contributed by atoms with Crippen molar-refractivity contribution in [2.24, 2.45) is 0 Å². The molecule has 0 amide bonds. The van der Waals surface area contributed by atoms with Crippen LogP contribution in [0, 0.1) is 18.3 Å². The number of rotatable bonds is 3. The summed E-state index contributed by atoms with van der Waals surface area (Å²) in [7, 11) is -3.83. The molecule has 5 heteroatoms. The van der Waals surface area contributed by atoms with Crippen LogP contribution in [-0.4, -0.2) is 12.4 Å². The van der Waals surface area contributed by atoms with Gasteiger partial charge in [-0.25, -0.2) is 12.4 Å². The molecule has 0 aliphatic heterocycles. The van der Waals surface area contributed by atoms with Crippen LogP contribution in [0.15, 0.2) is 60.0 Å². The predicted octanol–water partition coefficient (Wildman–Crippen LogP) is 3.70. The Labute approximate surface area is 135 Å². The largest absolute Gasteiger partial charge is 0.269 e. The van der Waals surface area contributed by atoms with Crippen LogP contribution < -0.4 is 0 Å². The van der Waals surface area contributed by atoms with E-state index in [1.807, 2.05) is 19.1 Å². The Morgan fingerprint density at radius 2 is 1.87 bits per heavy atom. The van der Waals surface area contributed by atoms with Gasteiger partial charge in [0.2, 0.25) is 0 Å². The summed E-state index contributed by atoms with van der Waals surface area (Å²) < 4.78 is 27.0. The highest BCUT2D eigenvalue weighted by molar-refractivity contribution is 7.90. The molecule has 1 heterocycles. The van der Waals surface area contributed by atoms with Gasteiger partial charge in [-0.2, -0.15) is 5.26 Å². The lowest BCUT2D eigenvalue weighted by Gasteiger charge is -2.10. The summed E-state index contributed by atoms with van der Waals surface area (Å²) in [6.45, 7) is 5.64. The molecule has 0 saturated carbocycles. The quantitative estimate of drug-likeness (QED) is 0.738. The van der Waals surface area contributed by atoms with Crippen molar-refractivity contribution in [3.05, 3.63) is 71.9 Å². The maximum atomic E-state index is 12.9. The molecular formula is C18H14N2O2S. The monoisotopic (exact) mass is 322 g/mol. The van der Waals surface area contributed by atoms with Crippen LogP contribution in [0.2, 0.25) is 0 Å². The molecule has 0 saturated heterocycles. The van der Waals surface area contributed by atoms with Crippen LogP contribution in [0.25, 0.3) is 17.0 Å². The van der Waals surface area contributed by atoms with Gasteiger partial charge in [-0.05, 0) is 42.3 Å². The Kier molecular flexibility index (Phi) is 3.55. The first-order chi connectivity index (χ1) is 11.0. The second-order valence-corrected chi connectivity index (χ2v) is 6.93. The van der Waals surface area contributed by atoms with Gasteiger partial charge in [-0.15, -0.1) is 0 Å². The first kappa shape index (κ1) is 15.1. The summed E-state index contributed by atoms with van der Waals surface area (Å²) in [6.07, 6.45) is 1.71. The van der Waals surface area contributed by atoms with E-state index in [2.05, 4.69) is 6.58 Å². The SMILES string of the molecule is C=Cc1ccc2c(cc(C#N)n2S(=O)(=O)c2ccccc2)c1C. The molecule has 3 rings (SSSR count). The second kappa shape index (κ2) is 5.41. The summed E-state index contributed by atoms with van der Waals surface area (Å²) >= 11 is 0. The second-order valence-electron chi connectivity index (χ2n) is 5.14. The van der Waals surface area contributed by atoms with E-state index in [1.54, 1.807) is 36.4 Å². The van der Waals surface area contributed by atoms with Crippen molar-refractivity contribution in [1.29, 1.82) is 5.26 Å². The summed E-state index contributed by atoms with van der Waals surface area (Å²) in [5, 5.41) is 10.1. The fourth-order valence-electron chi connectivity index (χ4n) is 2.67. The number of benzene rings is 2. The molecule has 0 spiro atoms. The molecule has 0 N–H and O–H groups in total. The summed E-state index contributed by atoms with van der Waals surface area (Å²) in [6, 6.07) is 15.2. The lowest BCUT2D eigenvalue weighted by atomic mass is 10.0. The van der Waals surface area contributed by atoms with E-state index in [4.69, 9.17) is 0 Å². The van der Waals surface area contributed by atoms with Crippen molar-refractivity contribution >= 4 is 27.0 Å². The Morgan fingerprint density at radius 1 is 1.17 bits per heavy atom. The molecule has 3 aromatic rings. The third-order valence-corrected chi connectivity index (χ3v) is 5.61. The Balaban J connectivity index is 2.41. The molecule has 0 unspecified atom stereocenters. The van der Waals surface area contributed by atoms with Crippen LogP contribution in [0.1, 0.15) is 16.8 Å². The molecule has 0 aliphatic carbocycles. The Hall–Kier alpha value is -2.84. The first-order valence-corrected chi connectivity index (χ1v) is 8.43. The number of aromatic nitrogens is 1. The lowest BCUT2D eigenvalue weighted by molar-refractivity contribution is 0.588. The van der Waals surface area contributed by atoms with Crippen LogP contribution in [0.3, 0.4) is 0 Å². The van der Waals surface area contributed by atoms with Crippen LogP contribution in [-0.2, 0) is 10.0 Å². The fourth-order valence-corrected chi connectivity index (χ4v) is 4.15. The summed E-state index contributed by atoms with van der Waals surface area (Å²) in [5.41, 5.74) is 2.40. The van der Waals surface area contributed by atoms with Gasteiger partial charge in [0, 0.05) is 5.39 Å². The average molecular weight is 322 g/mol. The number of aryl methyl sites for hydroxylation is 1. The van der Waals surface area contributed by atoms with E-state index in [1.165, 1.54) is 12.1 Å². The standard InChI is InChI=1S/C18H14N2O2S/c1-3-14-9-10-18-17(13(14)2)11-15(12-19)20(18)23(21,22)16-7-5-4-6-8-16/h3-11H,1H2,2H3. The smallest absolute Gasteiger partial charge is 0.224 e. The van der Waals surface area contributed by atoms with Crippen molar-refractivity contribution in [3.63, 3.8) is 0 Å². The van der Waals surface area contributed by atoms with Gasteiger partial charge < -0.3 is 0 Å². The molecule has 0 fully saturated rings. The number of nitriles is 1. The van der Waals surface area contributed by atoms with E-state index >= 15 is 0 Å². The zero-order valence-corrected chi connectivity index (χ0v) is 13.3. The number of hydrogen-bond acceptors (Lipinski definition) is 3. The summed E-state index contributed by atoms with van der Waals surface area (Å²) in [4.78, 5) is 0.152. The number of nitrogens with zero attached hydrogens (tertiary/aromatic N) is 2. The highest BCUT2D eigenvalue weighted by Crippen LogP contribution is 2.29. The molecular weight excluding hydrogens is 308 g/mol. The molecule has 2 aromatic carbocycles. The maximum Gasteiger partial charge on any atom is 0.269 e. The normalized spacial score (nSPS) is 11.3. The summed E-state index contributed by atoms with van der Waals surface area (Å²) in [5.74, 6) is 0. The van der Waals surface area contributed by atoms with Crippen molar-refractivity contribution in [1.82, 2.24) is 3.97 Å². The van der Waals surface area contributed by atoms with Gasteiger partial charge in [0.05, 0.1) is 10.4 Å². The van der Waals surface area contributed by atoms with E-state index in [9.17, 15) is 13.7 Å².